The second kappa shape index (κ2) is 7.04. The monoisotopic (exact) mass is 289 g/mol. The van der Waals surface area contributed by atoms with Crippen molar-refractivity contribution in [3.8, 4) is 0 Å². The number of carbonyl (C=O) groups is 2. The largest absolute Gasteiger partial charge is 0.479 e. The Morgan fingerprint density at radius 1 is 1.38 bits per heavy atom. The Balaban J connectivity index is 1.96. The number of nitrogens with zero attached hydrogens (tertiary/aromatic N) is 1. The molecular weight excluding hydrogens is 270 g/mol. The van der Waals surface area contributed by atoms with Crippen LogP contribution in [0.4, 0.5) is 0 Å². The second-order valence-corrected chi connectivity index (χ2v) is 4.91. The van der Waals surface area contributed by atoms with Crippen LogP contribution in [0.1, 0.15) is 18.1 Å². The molecule has 0 aliphatic carbocycles. The number of amides is 1. The fraction of sp³-hybridized carbons (Fsp3) is 0.375. The molecule has 0 aromatic heterocycles. The lowest BCUT2D eigenvalue weighted by Crippen LogP contribution is -2.48. The highest BCUT2D eigenvalue weighted by Gasteiger charge is 2.27. The molecule has 1 heterocycles. The summed E-state index contributed by atoms with van der Waals surface area (Å²) in [6.07, 6.45) is 3.27. The number of morpholine rings is 1. The van der Waals surface area contributed by atoms with Gasteiger partial charge in [-0.05, 0) is 23.6 Å². The van der Waals surface area contributed by atoms with Crippen LogP contribution in [-0.4, -0.2) is 47.7 Å². The molecule has 1 N–H and O–H groups in total. The van der Waals surface area contributed by atoms with Crippen LogP contribution in [0.25, 0.3) is 6.08 Å². The molecule has 1 amide bonds. The van der Waals surface area contributed by atoms with Crippen LogP contribution < -0.4 is 0 Å². The molecule has 1 aromatic carbocycles. The summed E-state index contributed by atoms with van der Waals surface area (Å²) in [7, 11) is 0. The van der Waals surface area contributed by atoms with Crippen LogP contribution in [-0.2, 0) is 20.7 Å². The Hall–Kier alpha value is -2.14. The summed E-state index contributed by atoms with van der Waals surface area (Å²) in [6, 6.07) is 7.97. The zero-order valence-electron chi connectivity index (χ0n) is 12.0. The molecule has 112 valence electrons. The van der Waals surface area contributed by atoms with E-state index in [1.165, 1.54) is 16.5 Å². The smallest absolute Gasteiger partial charge is 0.334 e. The quantitative estimate of drug-likeness (QED) is 0.855. The number of carboxylic acid groups (broad SMARTS) is 1. The van der Waals surface area contributed by atoms with Crippen molar-refractivity contribution < 1.29 is 19.4 Å². The Morgan fingerprint density at radius 2 is 2.10 bits per heavy atom. The van der Waals surface area contributed by atoms with Crippen LogP contribution in [0.15, 0.2) is 30.3 Å². The number of rotatable bonds is 4. The van der Waals surface area contributed by atoms with E-state index >= 15 is 0 Å². The predicted molar refractivity (Wildman–Crippen MR) is 78.8 cm³/mol. The van der Waals surface area contributed by atoms with Crippen molar-refractivity contribution in [1.82, 2.24) is 4.90 Å². The van der Waals surface area contributed by atoms with Crippen molar-refractivity contribution in [3.63, 3.8) is 0 Å². The average molecular weight is 289 g/mol. The van der Waals surface area contributed by atoms with E-state index in [-0.39, 0.29) is 19.1 Å². The third-order valence-electron chi connectivity index (χ3n) is 3.46. The molecule has 5 heteroatoms. The molecule has 1 atom stereocenters. The maximum absolute atomic E-state index is 12.1. The molecule has 1 saturated heterocycles. The number of ether oxygens (including phenoxy) is 1. The zero-order valence-corrected chi connectivity index (χ0v) is 12.0. The van der Waals surface area contributed by atoms with Gasteiger partial charge >= 0.3 is 5.97 Å². The molecule has 1 aliphatic heterocycles. The van der Waals surface area contributed by atoms with Gasteiger partial charge in [-0.25, -0.2) is 4.79 Å². The van der Waals surface area contributed by atoms with E-state index in [2.05, 4.69) is 6.92 Å². The van der Waals surface area contributed by atoms with E-state index in [1.807, 2.05) is 24.3 Å². The van der Waals surface area contributed by atoms with Crippen molar-refractivity contribution in [2.75, 3.05) is 19.7 Å². The van der Waals surface area contributed by atoms with Crippen LogP contribution in [0.3, 0.4) is 0 Å². The second-order valence-electron chi connectivity index (χ2n) is 4.91. The number of carbonyl (C=O) groups excluding carboxylic acids is 1. The van der Waals surface area contributed by atoms with Crippen molar-refractivity contribution in [3.05, 3.63) is 41.5 Å². The number of benzene rings is 1. The van der Waals surface area contributed by atoms with E-state index in [0.717, 1.165) is 12.0 Å². The molecule has 1 aromatic rings. The van der Waals surface area contributed by atoms with Gasteiger partial charge in [-0.2, -0.15) is 0 Å². The standard InChI is InChI=1S/C16H19NO4/c1-2-12-3-5-13(6-4-12)7-8-15(18)17-9-10-21-14(11-17)16(19)20/h3-8,14H,2,9-11H2,1H3,(H,19,20). The van der Waals surface area contributed by atoms with Gasteiger partial charge in [-0.1, -0.05) is 31.2 Å². The highest BCUT2D eigenvalue weighted by Crippen LogP contribution is 2.09. The van der Waals surface area contributed by atoms with E-state index < -0.39 is 12.1 Å². The summed E-state index contributed by atoms with van der Waals surface area (Å²) in [5, 5.41) is 8.91. The third kappa shape index (κ3) is 4.16. The fourth-order valence-corrected chi connectivity index (χ4v) is 2.14. The maximum Gasteiger partial charge on any atom is 0.334 e. The molecule has 1 fully saturated rings. The summed E-state index contributed by atoms with van der Waals surface area (Å²) in [5.41, 5.74) is 2.19. The SMILES string of the molecule is CCc1ccc(C=CC(=O)N2CCOC(C(=O)O)C2)cc1. The summed E-state index contributed by atoms with van der Waals surface area (Å²) >= 11 is 0. The van der Waals surface area contributed by atoms with E-state index in [1.54, 1.807) is 6.08 Å². The molecule has 21 heavy (non-hydrogen) atoms. The maximum atomic E-state index is 12.1. The lowest BCUT2D eigenvalue weighted by Gasteiger charge is -2.30. The van der Waals surface area contributed by atoms with Gasteiger partial charge in [0.25, 0.3) is 0 Å². The van der Waals surface area contributed by atoms with Gasteiger partial charge in [0, 0.05) is 12.6 Å². The van der Waals surface area contributed by atoms with Gasteiger partial charge in [0.2, 0.25) is 5.91 Å². The minimum Gasteiger partial charge on any atom is -0.479 e. The molecule has 5 nitrogen and oxygen atoms in total. The van der Waals surface area contributed by atoms with Crippen molar-refractivity contribution in [2.24, 2.45) is 0 Å². The first kappa shape index (κ1) is 15.3. The molecule has 0 spiro atoms. The fourth-order valence-electron chi connectivity index (χ4n) is 2.14. The predicted octanol–water partition coefficient (Wildman–Crippen LogP) is 1.57. The van der Waals surface area contributed by atoms with Crippen molar-refractivity contribution in [2.45, 2.75) is 19.4 Å². The molecule has 1 unspecified atom stereocenters. The van der Waals surface area contributed by atoms with Crippen LogP contribution in [0.2, 0.25) is 0 Å². The summed E-state index contributed by atoms with van der Waals surface area (Å²) in [4.78, 5) is 24.4. The Morgan fingerprint density at radius 3 is 2.71 bits per heavy atom. The first-order valence-electron chi connectivity index (χ1n) is 7.00. The van der Waals surface area contributed by atoms with Gasteiger partial charge in [0.05, 0.1) is 13.2 Å². The Kier molecular flexibility index (Phi) is 5.11. The Labute approximate surface area is 123 Å². The molecular formula is C16H19NO4. The van der Waals surface area contributed by atoms with Crippen molar-refractivity contribution in [1.29, 1.82) is 0 Å². The first-order chi connectivity index (χ1) is 10.1. The number of hydrogen-bond acceptors (Lipinski definition) is 3. The van der Waals surface area contributed by atoms with Gasteiger partial charge < -0.3 is 14.7 Å². The zero-order chi connectivity index (χ0) is 15.2. The first-order valence-corrected chi connectivity index (χ1v) is 7.00. The van der Waals surface area contributed by atoms with Gasteiger partial charge in [-0.3, -0.25) is 4.79 Å². The van der Waals surface area contributed by atoms with E-state index in [0.29, 0.717) is 6.54 Å². The Bertz CT molecular complexity index is 536. The van der Waals surface area contributed by atoms with Crippen molar-refractivity contribution >= 4 is 18.0 Å². The minimum absolute atomic E-state index is 0.0906. The highest BCUT2D eigenvalue weighted by molar-refractivity contribution is 5.92. The van der Waals surface area contributed by atoms with E-state index in [4.69, 9.17) is 9.84 Å². The highest BCUT2D eigenvalue weighted by atomic mass is 16.5. The minimum atomic E-state index is -1.04. The number of hydrogen-bond donors (Lipinski definition) is 1. The van der Waals surface area contributed by atoms with Gasteiger partial charge in [-0.15, -0.1) is 0 Å². The molecule has 0 saturated carbocycles. The third-order valence-corrected chi connectivity index (χ3v) is 3.46. The molecule has 0 radical (unpaired) electrons. The summed E-state index contributed by atoms with van der Waals surface area (Å²) < 4.78 is 5.09. The number of aliphatic carboxylic acids is 1. The molecule has 1 aliphatic rings. The topological polar surface area (TPSA) is 66.8 Å². The van der Waals surface area contributed by atoms with Crippen LogP contribution in [0.5, 0.6) is 0 Å². The van der Waals surface area contributed by atoms with Gasteiger partial charge in [0.1, 0.15) is 0 Å². The normalized spacial score (nSPS) is 18.9. The van der Waals surface area contributed by atoms with Gasteiger partial charge in [0.15, 0.2) is 6.10 Å². The number of carboxylic acids is 1. The van der Waals surface area contributed by atoms with E-state index in [9.17, 15) is 9.59 Å². The number of aryl methyl sites for hydroxylation is 1. The van der Waals surface area contributed by atoms with Crippen LogP contribution >= 0.6 is 0 Å². The summed E-state index contributed by atoms with van der Waals surface area (Å²) in [6.45, 7) is 2.85. The molecule has 2 rings (SSSR count). The average Bonchev–Trinajstić information content (AvgIpc) is 2.53. The lowest BCUT2D eigenvalue weighted by molar-refractivity contribution is -0.158. The lowest BCUT2D eigenvalue weighted by atomic mass is 10.1. The van der Waals surface area contributed by atoms with Crippen LogP contribution in [0, 0.1) is 0 Å². The molecule has 0 bridgehead atoms. The summed E-state index contributed by atoms with van der Waals surface area (Å²) in [5.74, 6) is -1.23.